The maximum Gasteiger partial charge on any atom is -0.0300 e. The SMILES string of the molecule is C=C(C)CC(C)CC(C)CC(C)CC(C)CC(C)C. The molecule has 0 radical (unpaired) electrons. The Morgan fingerprint density at radius 3 is 1.42 bits per heavy atom. The van der Waals surface area contributed by atoms with Gasteiger partial charge in [0.2, 0.25) is 0 Å². The third-order valence-corrected chi connectivity index (χ3v) is 3.98. The van der Waals surface area contributed by atoms with Crippen LogP contribution in [0.25, 0.3) is 0 Å². The standard InChI is InChI=1S/C19H38/c1-14(2)9-16(5)11-18(7)13-19(8)12-17(6)10-15(3)4/h15-19H,1,9-13H2,2-8H3. The molecule has 19 heavy (non-hydrogen) atoms. The van der Waals surface area contributed by atoms with Crippen molar-refractivity contribution in [3.63, 3.8) is 0 Å². The molecule has 0 aromatic heterocycles. The number of hydrogen-bond donors (Lipinski definition) is 0. The summed E-state index contributed by atoms with van der Waals surface area (Å²) >= 11 is 0. The Kier molecular flexibility index (Phi) is 9.48. The van der Waals surface area contributed by atoms with Gasteiger partial charge in [-0.05, 0) is 68.6 Å². The van der Waals surface area contributed by atoms with Gasteiger partial charge < -0.3 is 0 Å². The Bertz CT molecular complexity index is 238. The van der Waals surface area contributed by atoms with Crippen LogP contribution in [0, 0.1) is 29.6 Å². The van der Waals surface area contributed by atoms with Crippen molar-refractivity contribution in [2.75, 3.05) is 0 Å². The fourth-order valence-corrected chi connectivity index (χ4v) is 3.83. The summed E-state index contributed by atoms with van der Waals surface area (Å²) in [6.45, 7) is 20.5. The fourth-order valence-electron chi connectivity index (χ4n) is 3.83. The minimum Gasteiger partial charge on any atom is -0.100 e. The van der Waals surface area contributed by atoms with Gasteiger partial charge in [-0.15, -0.1) is 6.58 Å². The molecule has 0 nitrogen and oxygen atoms in total. The van der Waals surface area contributed by atoms with E-state index in [-0.39, 0.29) is 0 Å². The van der Waals surface area contributed by atoms with E-state index in [1.807, 2.05) is 0 Å². The van der Waals surface area contributed by atoms with Gasteiger partial charge in [-0.25, -0.2) is 0 Å². The average Bonchev–Trinajstić information content (AvgIpc) is 2.12. The lowest BCUT2D eigenvalue weighted by Crippen LogP contribution is -2.11. The van der Waals surface area contributed by atoms with E-state index >= 15 is 0 Å². The molecule has 0 aromatic carbocycles. The van der Waals surface area contributed by atoms with Crippen molar-refractivity contribution < 1.29 is 0 Å². The Balaban J connectivity index is 3.91. The van der Waals surface area contributed by atoms with Crippen molar-refractivity contribution >= 4 is 0 Å². The molecule has 0 aromatic rings. The normalized spacial score (nSPS) is 18.1. The van der Waals surface area contributed by atoms with Crippen LogP contribution in [0.2, 0.25) is 0 Å². The molecule has 0 rings (SSSR count). The van der Waals surface area contributed by atoms with Crippen LogP contribution in [0.15, 0.2) is 12.2 Å². The van der Waals surface area contributed by atoms with E-state index in [0.717, 1.165) is 29.6 Å². The Morgan fingerprint density at radius 1 is 0.684 bits per heavy atom. The summed E-state index contributed by atoms with van der Waals surface area (Å²) in [6, 6.07) is 0. The zero-order chi connectivity index (χ0) is 15.0. The van der Waals surface area contributed by atoms with Crippen LogP contribution in [0.5, 0.6) is 0 Å². The van der Waals surface area contributed by atoms with Gasteiger partial charge in [0.15, 0.2) is 0 Å². The molecule has 4 atom stereocenters. The number of hydrogen-bond acceptors (Lipinski definition) is 0. The number of allylic oxidation sites excluding steroid dienone is 1. The predicted octanol–water partition coefficient (Wildman–Crippen LogP) is 6.71. The van der Waals surface area contributed by atoms with Crippen LogP contribution < -0.4 is 0 Å². The van der Waals surface area contributed by atoms with Crippen molar-refractivity contribution in [1.29, 1.82) is 0 Å². The maximum atomic E-state index is 4.03. The lowest BCUT2D eigenvalue weighted by molar-refractivity contribution is 0.289. The van der Waals surface area contributed by atoms with Gasteiger partial charge in [0.25, 0.3) is 0 Å². The Hall–Kier alpha value is -0.260. The van der Waals surface area contributed by atoms with Crippen molar-refractivity contribution in [2.24, 2.45) is 29.6 Å². The second-order valence-corrected chi connectivity index (χ2v) is 7.92. The second kappa shape index (κ2) is 9.61. The van der Waals surface area contributed by atoms with E-state index in [2.05, 4.69) is 55.0 Å². The van der Waals surface area contributed by atoms with E-state index in [1.165, 1.54) is 37.7 Å². The first-order valence-electron chi connectivity index (χ1n) is 8.35. The minimum absolute atomic E-state index is 0.799. The quantitative estimate of drug-likeness (QED) is 0.385. The largest absolute Gasteiger partial charge is 0.100 e. The average molecular weight is 267 g/mol. The third-order valence-electron chi connectivity index (χ3n) is 3.98. The highest BCUT2D eigenvalue weighted by molar-refractivity contribution is 4.89. The second-order valence-electron chi connectivity index (χ2n) is 7.92. The van der Waals surface area contributed by atoms with E-state index in [0.29, 0.717) is 0 Å². The summed E-state index contributed by atoms with van der Waals surface area (Å²) in [5.74, 6) is 4.26. The molecule has 0 fully saturated rings. The summed E-state index contributed by atoms with van der Waals surface area (Å²) < 4.78 is 0. The van der Waals surface area contributed by atoms with Crippen LogP contribution in [0.4, 0.5) is 0 Å². The minimum atomic E-state index is 0.799. The molecular formula is C19H38. The number of rotatable bonds is 10. The van der Waals surface area contributed by atoms with Gasteiger partial charge in [0.05, 0.1) is 0 Å². The lowest BCUT2D eigenvalue weighted by Gasteiger charge is -2.23. The first-order valence-corrected chi connectivity index (χ1v) is 8.35. The Labute approximate surface area is 123 Å². The van der Waals surface area contributed by atoms with Gasteiger partial charge in [0, 0.05) is 0 Å². The molecule has 114 valence electrons. The van der Waals surface area contributed by atoms with E-state index < -0.39 is 0 Å². The first kappa shape index (κ1) is 18.7. The highest BCUT2D eigenvalue weighted by atomic mass is 14.2. The molecule has 0 aliphatic rings. The van der Waals surface area contributed by atoms with Crippen molar-refractivity contribution in [3.8, 4) is 0 Å². The lowest BCUT2D eigenvalue weighted by atomic mass is 9.83. The van der Waals surface area contributed by atoms with Crippen molar-refractivity contribution in [3.05, 3.63) is 12.2 Å². The van der Waals surface area contributed by atoms with Crippen LogP contribution in [0.3, 0.4) is 0 Å². The smallest absolute Gasteiger partial charge is 0.0300 e. The molecule has 0 heterocycles. The Morgan fingerprint density at radius 2 is 1.05 bits per heavy atom. The molecule has 0 heteroatoms. The summed E-state index contributed by atoms with van der Waals surface area (Å²) in [7, 11) is 0. The predicted molar refractivity (Wildman–Crippen MR) is 89.4 cm³/mol. The summed E-state index contributed by atoms with van der Waals surface area (Å²) in [6.07, 6.45) is 6.73. The molecule has 4 unspecified atom stereocenters. The van der Waals surface area contributed by atoms with Crippen molar-refractivity contribution in [1.82, 2.24) is 0 Å². The van der Waals surface area contributed by atoms with Gasteiger partial charge >= 0.3 is 0 Å². The highest BCUT2D eigenvalue weighted by Gasteiger charge is 2.15. The zero-order valence-electron chi connectivity index (χ0n) is 14.6. The maximum absolute atomic E-state index is 4.03. The van der Waals surface area contributed by atoms with Gasteiger partial charge in [-0.3, -0.25) is 0 Å². The van der Waals surface area contributed by atoms with Crippen LogP contribution in [-0.2, 0) is 0 Å². The molecule has 0 amide bonds. The summed E-state index contributed by atoms with van der Waals surface area (Å²) in [5, 5.41) is 0. The summed E-state index contributed by atoms with van der Waals surface area (Å²) in [5.41, 5.74) is 1.33. The highest BCUT2D eigenvalue weighted by Crippen LogP contribution is 2.27. The zero-order valence-corrected chi connectivity index (χ0v) is 14.6. The molecular weight excluding hydrogens is 228 g/mol. The topological polar surface area (TPSA) is 0 Å². The van der Waals surface area contributed by atoms with E-state index in [1.54, 1.807) is 0 Å². The molecule has 0 aliphatic carbocycles. The fraction of sp³-hybridized carbons (Fsp3) is 0.895. The summed E-state index contributed by atoms with van der Waals surface area (Å²) in [4.78, 5) is 0. The molecule has 0 bridgehead atoms. The molecule has 0 aliphatic heterocycles. The molecule has 0 N–H and O–H groups in total. The van der Waals surface area contributed by atoms with Gasteiger partial charge in [-0.1, -0.05) is 47.1 Å². The van der Waals surface area contributed by atoms with Gasteiger partial charge in [0.1, 0.15) is 0 Å². The first-order chi connectivity index (χ1) is 8.70. The molecule has 0 saturated carbocycles. The molecule has 0 spiro atoms. The monoisotopic (exact) mass is 266 g/mol. The van der Waals surface area contributed by atoms with E-state index in [9.17, 15) is 0 Å². The van der Waals surface area contributed by atoms with Crippen LogP contribution >= 0.6 is 0 Å². The molecule has 0 saturated heterocycles. The van der Waals surface area contributed by atoms with Crippen molar-refractivity contribution in [2.45, 2.75) is 80.6 Å². The third kappa shape index (κ3) is 11.3. The van der Waals surface area contributed by atoms with Crippen LogP contribution in [-0.4, -0.2) is 0 Å². The van der Waals surface area contributed by atoms with Crippen LogP contribution in [0.1, 0.15) is 80.6 Å². The van der Waals surface area contributed by atoms with Gasteiger partial charge in [-0.2, -0.15) is 0 Å². The van der Waals surface area contributed by atoms with E-state index in [4.69, 9.17) is 0 Å².